The second-order valence-electron chi connectivity index (χ2n) is 4.40. The highest BCUT2D eigenvalue weighted by atomic mass is 19.1. The lowest BCUT2D eigenvalue weighted by Gasteiger charge is -1.97. The molecule has 1 N–H and O–H groups in total. The number of imidazole rings is 1. The smallest absolute Gasteiger partial charge is 0.295 e. The predicted octanol–water partition coefficient (Wildman–Crippen LogP) is 3.13. The summed E-state index contributed by atoms with van der Waals surface area (Å²) >= 11 is 0. The molecule has 19 heavy (non-hydrogen) atoms. The van der Waals surface area contributed by atoms with E-state index in [0.717, 1.165) is 0 Å². The van der Waals surface area contributed by atoms with Gasteiger partial charge in [0.25, 0.3) is 0 Å². The Kier molecular flexibility index (Phi) is 5.03. The molecule has 0 unspecified atom stereocenters. The third-order valence-electron chi connectivity index (χ3n) is 2.85. The summed E-state index contributed by atoms with van der Waals surface area (Å²) in [6.07, 6.45) is 2.64. The number of hydrogen-bond donors (Lipinski definition) is 1. The van der Waals surface area contributed by atoms with E-state index in [4.69, 9.17) is 5.41 Å². The van der Waals surface area contributed by atoms with E-state index in [1.165, 1.54) is 47.1 Å². The quantitative estimate of drug-likeness (QED) is 0.625. The molecule has 0 radical (unpaired) electrons. The van der Waals surface area contributed by atoms with Gasteiger partial charge in [-0.1, -0.05) is 26.7 Å². The van der Waals surface area contributed by atoms with Crippen molar-refractivity contribution >= 4 is 16.9 Å². The molecule has 104 valence electrons. The van der Waals surface area contributed by atoms with Crippen LogP contribution in [0.1, 0.15) is 33.6 Å². The van der Waals surface area contributed by atoms with E-state index in [-0.39, 0.29) is 11.5 Å². The number of nitrogens with one attached hydrogen (secondary N) is 1. The van der Waals surface area contributed by atoms with Crippen LogP contribution in [0.4, 0.5) is 4.39 Å². The number of halogens is 1. The molecule has 0 aliphatic carbocycles. The number of benzene rings is 1. The van der Waals surface area contributed by atoms with E-state index in [1.807, 2.05) is 0 Å². The Balaban J connectivity index is 0.000000399. The molecule has 0 aliphatic heterocycles. The van der Waals surface area contributed by atoms with E-state index in [1.54, 1.807) is 7.05 Å². The summed E-state index contributed by atoms with van der Waals surface area (Å²) in [7, 11) is 1.56. The monoisotopic (exact) mass is 265 g/mol. The van der Waals surface area contributed by atoms with Crippen LogP contribution in [0.15, 0.2) is 23.0 Å². The first-order chi connectivity index (χ1) is 8.93. The van der Waals surface area contributed by atoms with Crippen LogP contribution in [0.2, 0.25) is 0 Å². The molecule has 1 heterocycles. The number of unbranched alkanes of at least 4 members (excludes halogenated alkanes) is 1. The van der Waals surface area contributed by atoms with Crippen molar-refractivity contribution in [3.8, 4) is 0 Å². The zero-order chi connectivity index (χ0) is 14.6. The maximum atomic E-state index is 13.0. The average molecular weight is 265 g/mol. The summed E-state index contributed by atoms with van der Waals surface area (Å²) in [5.74, 6) is -0.268. The number of aryl methyl sites for hydroxylation is 1. The van der Waals surface area contributed by atoms with Gasteiger partial charge in [0.15, 0.2) is 0 Å². The Bertz CT molecular complexity index is 638. The fourth-order valence-corrected chi connectivity index (χ4v) is 1.63. The first-order valence-corrected chi connectivity index (χ1v) is 6.36. The molecule has 1 aromatic heterocycles. The second kappa shape index (κ2) is 6.31. The Morgan fingerprint density at radius 2 is 1.84 bits per heavy atom. The van der Waals surface area contributed by atoms with Crippen LogP contribution >= 0.6 is 0 Å². The van der Waals surface area contributed by atoms with Gasteiger partial charge >= 0.3 is 5.69 Å². The zero-order valence-corrected chi connectivity index (χ0v) is 11.8. The van der Waals surface area contributed by atoms with Crippen LogP contribution < -0.4 is 5.69 Å². The summed E-state index contributed by atoms with van der Waals surface area (Å²) in [6.45, 7) is 5.88. The molecule has 2 aromatic rings. The van der Waals surface area contributed by atoms with Crippen molar-refractivity contribution < 1.29 is 4.39 Å². The number of aromatic nitrogens is 2. The third kappa shape index (κ3) is 3.10. The van der Waals surface area contributed by atoms with Crippen molar-refractivity contribution in [1.29, 1.82) is 5.41 Å². The molecule has 2 rings (SSSR count). The summed E-state index contributed by atoms with van der Waals surface area (Å²) in [6, 6.07) is 4.07. The van der Waals surface area contributed by atoms with E-state index in [2.05, 4.69) is 13.8 Å². The maximum Gasteiger partial charge on any atom is 0.334 e. The van der Waals surface area contributed by atoms with Crippen LogP contribution in [-0.2, 0) is 7.05 Å². The first-order valence-electron chi connectivity index (χ1n) is 6.36. The van der Waals surface area contributed by atoms with Gasteiger partial charge in [-0.3, -0.25) is 9.98 Å². The predicted molar refractivity (Wildman–Crippen MR) is 76.5 cm³/mol. The van der Waals surface area contributed by atoms with Crippen LogP contribution in [-0.4, -0.2) is 15.0 Å². The lowest BCUT2D eigenvalue weighted by atomic mass is 10.3. The minimum Gasteiger partial charge on any atom is -0.295 e. The van der Waals surface area contributed by atoms with Gasteiger partial charge in [-0.15, -0.1) is 0 Å². The van der Waals surface area contributed by atoms with Crippen LogP contribution in [0.3, 0.4) is 0 Å². The normalized spacial score (nSPS) is 10.2. The summed E-state index contributed by atoms with van der Waals surface area (Å²) in [5, 5.41) is 7.48. The van der Waals surface area contributed by atoms with Crippen molar-refractivity contribution in [2.24, 2.45) is 7.05 Å². The molecular weight excluding hydrogens is 245 g/mol. The molecule has 4 nitrogen and oxygen atoms in total. The Morgan fingerprint density at radius 1 is 1.26 bits per heavy atom. The molecule has 0 saturated heterocycles. The molecule has 1 aromatic carbocycles. The Hall–Kier alpha value is -1.91. The SMILES string of the molecule is CC(=N)n1c(=O)n(C)c2cc(F)ccc21.CCCC. The number of nitrogens with zero attached hydrogens (tertiary/aromatic N) is 2. The van der Waals surface area contributed by atoms with Gasteiger partial charge in [-0.2, -0.15) is 0 Å². The van der Waals surface area contributed by atoms with Gasteiger partial charge in [0.05, 0.1) is 11.0 Å². The number of fused-ring (bicyclic) bond motifs is 1. The Labute approximate surface area is 112 Å². The van der Waals surface area contributed by atoms with E-state index >= 15 is 0 Å². The average Bonchev–Trinajstić information content (AvgIpc) is 2.62. The van der Waals surface area contributed by atoms with Gasteiger partial charge in [0, 0.05) is 7.05 Å². The van der Waals surface area contributed by atoms with Gasteiger partial charge in [0.2, 0.25) is 0 Å². The molecule has 0 bridgehead atoms. The summed E-state index contributed by atoms with van der Waals surface area (Å²) < 4.78 is 15.6. The van der Waals surface area contributed by atoms with Gasteiger partial charge in [0.1, 0.15) is 11.7 Å². The standard InChI is InChI=1S/C10H10FN3O.C4H10/c1-6(12)14-8-4-3-7(11)5-9(8)13(2)10(14)15;1-3-4-2/h3-5,12H,1-2H3;3-4H2,1-2H3. The molecule has 0 saturated carbocycles. The molecular formula is C14H20FN3O. The van der Waals surface area contributed by atoms with Crippen molar-refractivity contribution in [3.05, 3.63) is 34.5 Å². The maximum absolute atomic E-state index is 13.0. The van der Waals surface area contributed by atoms with Crippen LogP contribution in [0.25, 0.3) is 11.0 Å². The molecule has 0 amide bonds. The second-order valence-corrected chi connectivity index (χ2v) is 4.40. The zero-order valence-electron chi connectivity index (χ0n) is 11.8. The molecule has 5 heteroatoms. The first kappa shape index (κ1) is 15.1. The number of rotatable bonds is 1. The highest BCUT2D eigenvalue weighted by Crippen LogP contribution is 2.13. The van der Waals surface area contributed by atoms with Gasteiger partial charge in [-0.05, 0) is 25.1 Å². The number of hydrogen-bond acceptors (Lipinski definition) is 2. The Morgan fingerprint density at radius 3 is 2.32 bits per heavy atom. The lowest BCUT2D eigenvalue weighted by molar-refractivity contribution is 0.628. The molecule has 0 aliphatic rings. The molecule has 0 spiro atoms. The molecule has 0 fully saturated rings. The lowest BCUT2D eigenvalue weighted by Crippen LogP contribution is -2.25. The highest BCUT2D eigenvalue weighted by molar-refractivity contribution is 5.90. The largest absolute Gasteiger partial charge is 0.334 e. The molecule has 0 atom stereocenters. The third-order valence-corrected chi connectivity index (χ3v) is 2.85. The summed E-state index contributed by atoms with van der Waals surface area (Å²) in [5.41, 5.74) is 0.714. The highest BCUT2D eigenvalue weighted by Gasteiger charge is 2.11. The topological polar surface area (TPSA) is 50.8 Å². The van der Waals surface area contributed by atoms with E-state index in [9.17, 15) is 9.18 Å². The van der Waals surface area contributed by atoms with Crippen molar-refractivity contribution in [2.45, 2.75) is 33.6 Å². The fourth-order valence-electron chi connectivity index (χ4n) is 1.63. The van der Waals surface area contributed by atoms with Crippen LogP contribution in [0.5, 0.6) is 0 Å². The van der Waals surface area contributed by atoms with Crippen molar-refractivity contribution in [2.75, 3.05) is 0 Å². The van der Waals surface area contributed by atoms with E-state index < -0.39 is 5.82 Å². The minimum atomic E-state index is -0.391. The van der Waals surface area contributed by atoms with Gasteiger partial charge in [-0.25, -0.2) is 13.8 Å². The summed E-state index contributed by atoms with van der Waals surface area (Å²) in [4.78, 5) is 11.7. The van der Waals surface area contributed by atoms with Crippen molar-refractivity contribution in [1.82, 2.24) is 9.13 Å². The minimum absolute atomic E-state index is 0.122. The van der Waals surface area contributed by atoms with Gasteiger partial charge < -0.3 is 0 Å². The van der Waals surface area contributed by atoms with Crippen LogP contribution in [0, 0.1) is 11.2 Å². The fraction of sp³-hybridized carbons (Fsp3) is 0.429. The van der Waals surface area contributed by atoms with E-state index in [0.29, 0.717) is 11.0 Å². The van der Waals surface area contributed by atoms with Crippen molar-refractivity contribution in [3.63, 3.8) is 0 Å².